The van der Waals surface area contributed by atoms with E-state index in [4.69, 9.17) is 9.84 Å². The van der Waals surface area contributed by atoms with Crippen LogP contribution in [0, 0.1) is 0 Å². The topological polar surface area (TPSA) is 84.3 Å². The summed E-state index contributed by atoms with van der Waals surface area (Å²) in [6, 6.07) is 7.09. The minimum absolute atomic E-state index is 0.0529. The van der Waals surface area contributed by atoms with Gasteiger partial charge in [0, 0.05) is 17.7 Å². The summed E-state index contributed by atoms with van der Waals surface area (Å²) in [5.41, 5.74) is 1.81. The third-order valence-electron chi connectivity index (χ3n) is 3.35. The number of aromatic nitrogens is 2. The van der Waals surface area contributed by atoms with Gasteiger partial charge in [-0.25, -0.2) is 4.68 Å². The number of rotatable bonds is 6. The van der Waals surface area contributed by atoms with Crippen LogP contribution in [-0.2, 0) is 17.6 Å². The highest BCUT2D eigenvalue weighted by atomic mass is 16.5. The number of carboxylic acids is 1. The van der Waals surface area contributed by atoms with Crippen molar-refractivity contribution in [3.8, 4) is 11.4 Å². The van der Waals surface area contributed by atoms with Crippen molar-refractivity contribution in [1.29, 1.82) is 0 Å². The predicted molar refractivity (Wildman–Crippen MR) is 78.3 cm³/mol. The van der Waals surface area contributed by atoms with E-state index in [1.807, 2.05) is 6.92 Å². The van der Waals surface area contributed by atoms with E-state index in [-0.39, 0.29) is 18.4 Å². The van der Waals surface area contributed by atoms with E-state index < -0.39 is 5.97 Å². The van der Waals surface area contributed by atoms with Crippen molar-refractivity contribution in [1.82, 2.24) is 9.78 Å². The summed E-state index contributed by atoms with van der Waals surface area (Å²) < 4.78 is 6.53. The van der Waals surface area contributed by atoms with Crippen molar-refractivity contribution in [2.45, 2.75) is 26.2 Å². The third-order valence-corrected chi connectivity index (χ3v) is 3.35. The molecular weight excluding hydrogens is 272 g/mol. The van der Waals surface area contributed by atoms with Gasteiger partial charge in [0.25, 0.3) is 5.56 Å². The molecule has 0 spiro atoms. The van der Waals surface area contributed by atoms with Crippen molar-refractivity contribution in [2.24, 2.45) is 0 Å². The zero-order chi connectivity index (χ0) is 15.4. The van der Waals surface area contributed by atoms with Gasteiger partial charge < -0.3 is 9.84 Å². The highest BCUT2D eigenvalue weighted by Crippen LogP contribution is 2.15. The molecule has 1 aromatic heterocycles. The molecule has 0 atom stereocenters. The number of hydrogen-bond acceptors (Lipinski definition) is 3. The Morgan fingerprint density at radius 1 is 1.33 bits per heavy atom. The molecule has 1 aromatic carbocycles. The Balaban J connectivity index is 2.39. The number of aryl methyl sites for hydroxylation is 1. The SMILES string of the molecule is CCc1[nH]n(-c2ccc(OC)cc2)c(=O)c1CCC(=O)O. The van der Waals surface area contributed by atoms with E-state index in [1.54, 1.807) is 31.4 Å². The van der Waals surface area contributed by atoms with Crippen LogP contribution in [0.5, 0.6) is 5.75 Å². The molecule has 2 rings (SSSR count). The Kier molecular flexibility index (Phi) is 4.47. The zero-order valence-electron chi connectivity index (χ0n) is 12.0. The monoisotopic (exact) mass is 290 g/mol. The normalized spacial score (nSPS) is 10.6. The summed E-state index contributed by atoms with van der Waals surface area (Å²) in [6.45, 7) is 1.92. The molecule has 2 N–H and O–H groups in total. The molecule has 6 heteroatoms. The van der Waals surface area contributed by atoms with Crippen LogP contribution in [0.2, 0.25) is 0 Å². The summed E-state index contributed by atoms with van der Waals surface area (Å²) >= 11 is 0. The number of ether oxygens (including phenoxy) is 1. The van der Waals surface area contributed by atoms with Gasteiger partial charge in [-0.15, -0.1) is 0 Å². The van der Waals surface area contributed by atoms with Crippen molar-refractivity contribution in [3.05, 3.63) is 45.9 Å². The number of H-pyrrole nitrogens is 1. The van der Waals surface area contributed by atoms with Crippen LogP contribution in [0.25, 0.3) is 5.69 Å². The lowest BCUT2D eigenvalue weighted by atomic mass is 10.1. The van der Waals surface area contributed by atoms with Crippen molar-refractivity contribution in [3.63, 3.8) is 0 Å². The highest BCUT2D eigenvalue weighted by molar-refractivity contribution is 5.67. The summed E-state index contributed by atoms with van der Waals surface area (Å²) in [5, 5.41) is 11.8. The fraction of sp³-hybridized carbons (Fsp3) is 0.333. The van der Waals surface area contributed by atoms with Crippen molar-refractivity contribution >= 4 is 5.97 Å². The molecule has 21 heavy (non-hydrogen) atoms. The Bertz CT molecular complexity index is 683. The molecule has 0 radical (unpaired) electrons. The first kappa shape index (κ1) is 14.9. The Morgan fingerprint density at radius 2 is 2.00 bits per heavy atom. The molecule has 0 aliphatic heterocycles. The molecule has 0 amide bonds. The van der Waals surface area contributed by atoms with E-state index in [2.05, 4.69) is 5.10 Å². The second-order valence-corrected chi connectivity index (χ2v) is 4.65. The van der Waals surface area contributed by atoms with Crippen LogP contribution >= 0.6 is 0 Å². The number of aromatic amines is 1. The lowest BCUT2D eigenvalue weighted by Crippen LogP contribution is -2.18. The summed E-state index contributed by atoms with van der Waals surface area (Å²) in [5.74, 6) is -0.200. The average molecular weight is 290 g/mol. The van der Waals surface area contributed by atoms with E-state index in [1.165, 1.54) is 4.68 Å². The number of nitrogens with one attached hydrogen (secondary N) is 1. The third kappa shape index (κ3) is 3.16. The molecule has 2 aromatic rings. The quantitative estimate of drug-likeness (QED) is 0.849. The number of aliphatic carboxylic acids is 1. The summed E-state index contributed by atoms with van der Waals surface area (Å²) in [7, 11) is 1.58. The van der Waals surface area contributed by atoms with Gasteiger partial charge in [-0.05, 0) is 37.1 Å². The van der Waals surface area contributed by atoms with Crippen LogP contribution in [-0.4, -0.2) is 28.0 Å². The first-order valence-corrected chi connectivity index (χ1v) is 6.75. The number of carboxylic acid groups (broad SMARTS) is 1. The minimum Gasteiger partial charge on any atom is -0.497 e. The average Bonchev–Trinajstić information content (AvgIpc) is 2.81. The van der Waals surface area contributed by atoms with Crippen molar-refractivity contribution in [2.75, 3.05) is 7.11 Å². The van der Waals surface area contributed by atoms with Crippen LogP contribution < -0.4 is 10.3 Å². The van der Waals surface area contributed by atoms with Gasteiger partial charge in [0.2, 0.25) is 0 Å². The predicted octanol–water partition coefficient (Wildman–Crippen LogP) is 1.75. The van der Waals surface area contributed by atoms with Gasteiger partial charge in [-0.3, -0.25) is 14.7 Å². The fourth-order valence-electron chi connectivity index (χ4n) is 2.21. The molecule has 0 saturated heterocycles. The number of hydrogen-bond donors (Lipinski definition) is 2. The molecular formula is C15H18N2O4. The second kappa shape index (κ2) is 6.30. The number of carbonyl (C=O) groups is 1. The molecule has 0 unspecified atom stereocenters. The maximum absolute atomic E-state index is 12.4. The maximum Gasteiger partial charge on any atom is 0.303 e. The fourth-order valence-corrected chi connectivity index (χ4v) is 2.21. The first-order valence-electron chi connectivity index (χ1n) is 6.75. The Hall–Kier alpha value is -2.50. The number of methoxy groups -OCH3 is 1. The van der Waals surface area contributed by atoms with Crippen LogP contribution in [0.15, 0.2) is 29.1 Å². The zero-order valence-corrected chi connectivity index (χ0v) is 12.0. The van der Waals surface area contributed by atoms with E-state index >= 15 is 0 Å². The molecule has 0 aliphatic rings. The second-order valence-electron chi connectivity index (χ2n) is 4.65. The van der Waals surface area contributed by atoms with E-state index in [9.17, 15) is 9.59 Å². The van der Waals surface area contributed by atoms with Gasteiger partial charge >= 0.3 is 5.97 Å². The van der Waals surface area contributed by atoms with Crippen LogP contribution in [0.1, 0.15) is 24.6 Å². The molecule has 112 valence electrons. The first-order chi connectivity index (χ1) is 10.1. The summed E-state index contributed by atoms with van der Waals surface area (Å²) in [6.07, 6.45) is 0.826. The lowest BCUT2D eigenvalue weighted by molar-refractivity contribution is -0.136. The molecule has 0 fully saturated rings. The minimum atomic E-state index is -0.909. The van der Waals surface area contributed by atoms with Crippen molar-refractivity contribution < 1.29 is 14.6 Å². The lowest BCUT2D eigenvalue weighted by Gasteiger charge is -2.03. The van der Waals surface area contributed by atoms with Crippen LogP contribution in [0.4, 0.5) is 0 Å². The van der Waals surface area contributed by atoms with Gasteiger partial charge in [-0.2, -0.15) is 0 Å². The number of benzene rings is 1. The molecule has 1 heterocycles. The van der Waals surface area contributed by atoms with E-state index in [0.717, 1.165) is 5.69 Å². The maximum atomic E-state index is 12.4. The molecule has 0 aliphatic carbocycles. The Labute approximate surface area is 122 Å². The van der Waals surface area contributed by atoms with E-state index in [0.29, 0.717) is 23.4 Å². The Morgan fingerprint density at radius 3 is 2.52 bits per heavy atom. The smallest absolute Gasteiger partial charge is 0.303 e. The van der Waals surface area contributed by atoms with Gasteiger partial charge in [0.15, 0.2) is 0 Å². The van der Waals surface area contributed by atoms with Crippen LogP contribution in [0.3, 0.4) is 0 Å². The standard InChI is InChI=1S/C15H18N2O4/c1-3-13-12(8-9-14(18)19)15(20)17(16-13)10-4-6-11(21-2)7-5-10/h4-7,16H,3,8-9H2,1-2H3,(H,18,19). The van der Waals surface area contributed by atoms with Gasteiger partial charge in [0.05, 0.1) is 12.8 Å². The van der Waals surface area contributed by atoms with Gasteiger partial charge in [-0.1, -0.05) is 6.92 Å². The number of nitrogens with zero attached hydrogens (tertiary/aromatic N) is 1. The molecule has 6 nitrogen and oxygen atoms in total. The highest BCUT2D eigenvalue weighted by Gasteiger charge is 2.15. The molecule has 0 saturated carbocycles. The van der Waals surface area contributed by atoms with Gasteiger partial charge in [0.1, 0.15) is 5.75 Å². The summed E-state index contributed by atoms with van der Waals surface area (Å²) in [4.78, 5) is 23.1. The molecule has 0 bridgehead atoms. The largest absolute Gasteiger partial charge is 0.497 e.